The monoisotopic (exact) mass is 429 g/mol. The van der Waals surface area contributed by atoms with Gasteiger partial charge in [0.25, 0.3) is 0 Å². The normalized spacial score (nSPS) is 13.9. The summed E-state index contributed by atoms with van der Waals surface area (Å²) in [6.45, 7) is 4.00. The van der Waals surface area contributed by atoms with E-state index < -0.39 is 34.8 Å². The molecule has 0 saturated heterocycles. The number of rotatable bonds is 8. The molecule has 0 aliphatic carbocycles. The van der Waals surface area contributed by atoms with Gasteiger partial charge in [0.15, 0.2) is 0 Å². The quantitative estimate of drug-likeness (QED) is 0.566. The molecule has 0 aromatic heterocycles. The van der Waals surface area contributed by atoms with E-state index in [1.54, 1.807) is 6.07 Å². The smallest absolute Gasteiger partial charge is 0.416 e. The zero-order chi connectivity index (χ0) is 21.8. The van der Waals surface area contributed by atoms with E-state index in [1.165, 1.54) is 0 Å². The molecular formula is C21H23F4NO2S. The number of halogens is 4. The van der Waals surface area contributed by atoms with Gasteiger partial charge in [0.05, 0.1) is 10.8 Å². The number of aryl methyl sites for hydroxylation is 2. The number of carboxylic acids is 1. The molecule has 3 N–H and O–H groups in total. The molecule has 1 unspecified atom stereocenters. The predicted molar refractivity (Wildman–Crippen MR) is 107 cm³/mol. The first-order valence-electron chi connectivity index (χ1n) is 9.16. The third kappa shape index (κ3) is 5.73. The highest BCUT2D eigenvalue weighted by Gasteiger charge is 2.32. The zero-order valence-corrected chi connectivity index (χ0v) is 16.9. The van der Waals surface area contributed by atoms with Crippen LogP contribution in [0.1, 0.15) is 46.9 Å². The number of hydrogen-bond donors (Lipinski definition) is 2. The van der Waals surface area contributed by atoms with Crippen molar-refractivity contribution in [1.82, 2.24) is 0 Å². The summed E-state index contributed by atoms with van der Waals surface area (Å²) in [5.74, 6) is -2.20. The second-order valence-electron chi connectivity index (χ2n) is 6.63. The fourth-order valence-electron chi connectivity index (χ4n) is 3.04. The summed E-state index contributed by atoms with van der Waals surface area (Å²) in [6.07, 6.45) is -3.08. The Labute approximate surface area is 171 Å². The highest BCUT2D eigenvalue weighted by Crippen LogP contribution is 2.40. The van der Waals surface area contributed by atoms with Gasteiger partial charge in [0, 0.05) is 11.3 Å². The summed E-state index contributed by atoms with van der Waals surface area (Å²) < 4.78 is 53.4. The third-order valence-electron chi connectivity index (χ3n) is 4.66. The van der Waals surface area contributed by atoms with E-state index in [1.807, 2.05) is 26.0 Å². The molecule has 2 aromatic carbocycles. The van der Waals surface area contributed by atoms with Crippen molar-refractivity contribution >= 4 is 17.7 Å². The molecule has 0 aliphatic rings. The van der Waals surface area contributed by atoms with E-state index in [2.05, 4.69) is 0 Å². The molecule has 0 bridgehead atoms. The Balaban J connectivity index is 2.49. The standard InChI is InChI=1S/C21H23F4NO2S/c1-3-12-5-6-14(9-13(12)4-2)19(29-11-18(26)20(27)28)16-8-7-15(10-17(16)22)21(23,24)25/h5-10,18-19H,3-4,11,26H2,1-2H3,(H,27,28)/t18-,19?/m0/s1. The maximum Gasteiger partial charge on any atom is 0.416 e. The number of hydrogen-bond acceptors (Lipinski definition) is 3. The molecule has 2 aromatic rings. The van der Waals surface area contributed by atoms with E-state index in [0.29, 0.717) is 11.6 Å². The zero-order valence-electron chi connectivity index (χ0n) is 16.1. The molecule has 0 amide bonds. The Bertz CT molecular complexity index is 870. The van der Waals surface area contributed by atoms with Crippen LogP contribution in [0.15, 0.2) is 36.4 Å². The molecule has 0 radical (unpaired) electrons. The van der Waals surface area contributed by atoms with E-state index in [-0.39, 0.29) is 11.3 Å². The number of thioether (sulfide) groups is 1. The van der Waals surface area contributed by atoms with Gasteiger partial charge >= 0.3 is 12.1 Å². The van der Waals surface area contributed by atoms with Crippen LogP contribution in [0.4, 0.5) is 17.6 Å². The fourth-order valence-corrected chi connectivity index (χ4v) is 4.29. The SMILES string of the molecule is CCc1ccc(C(SC[C@H](N)C(=O)O)c2ccc(C(F)(F)F)cc2F)cc1CC. The summed E-state index contributed by atoms with van der Waals surface area (Å²) in [7, 11) is 0. The summed E-state index contributed by atoms with van der Waals surface area (Å²) in [4.78, 5) is 11.1. The lowest BCUT2D eigenvalue weighted by Gasteiger charge is -2.22. The average Bonchev–Trinajstić information content (AvgIpc) is 2.67. The van der Waals surface area contributed by atoms with Crippen LogP contribution in [0, 0.1) is 5.82 Å². The van der Waals surface area contributed by atoms with Gasteiger partial charge in [-0.25, -0.2) is 4.39 Å². The summed E-state index contributed by atoms with van der Waals surface area (Å²) in [6, 6.07) is 6.88. The lowest BCUT2D eigenvalue weighted by molar-refractivity contribution is -0.138. The van der Waals surface area contributed by atoms with Gasteiger partial charge in [-0.2, -0.15) is 13.2 Å². The number of benzene rings is 2. The molecule has 0 heterocycles. The van der Waals surface area contributed by atoms with Gasteiger partial charge in [-0.3, -0.25) is 4.79 Å². The number of carbonyl (C=O) groups is 1. The van der Waals surface area contributed by atoms with Crippen LogP contribution in [0.3, 0.4) is 0 Å². The van der Waals surface area contributed by atoms with Crippen molar-refractivity contribution in [3.05, 3.63) is 70.0 Å². The first-order chi connectivity index (χ1) is 13.6. The van der Waals surface area contributed by atoms with Crippen molar-refractivity contribution in [3.8, 4) is 0 Å². The van der Waals surface area contributed by atoms with Crippen LogP contribution in [-0.4, -0.2) is 22.9 Å². The summed E-state index contributed by atoms with van der Waals surface area (Å²) >= 11 is 1.10. The lowest BCUT2D eigenvalue weighted by atomic mass is 9.95. The van der Waals surface area contributed by atoms with Crippen LogP contribution >= 0.6 is 11.8 Å². The number of alkyl halides is 3. The summed E-state index contributed by atoms with van der Waals surface area (Å²) in [5, 5.41) is 8.35. The number of aliphatic carboxylic acids is 1. The van der Waals surface area contributed by atoms with Crippen LogP contribution in [0.5, 0.6) is 0 Å². The average molecular weight is 429 g/mol. The van der Waals surface area contributed by atoms with E-state index in [4.69, 9.17) is 10.8 Å². The Morgan fingerprint density at radius 3 is 2.28 bits per heavy atom. The van der Waals surface area contributed by atoms with Crippen LogP contribution in [0.25, 0.3) is 0 Å². The topological polar surface area (TPSA) is 63.3 Å². The van der Waals surface area contributed by atoms with E-state index in [0.717, 1.165) is 47.9 Å². The van der Waals surface area contributed by atoms with Gasteiger partial charge in [-0.05, 0) is 41.7 Å². The lowest BCUT2D eigenvalue weighted by Crippen LogP contribution is -2.32. The highest BCUT2D eigenvalue weighted by atomic mass is 32.2. The van der Waals surface area contributed by atoms with Crippen LogP contribution in [-0.2, 0) is 23.8 Å². The second kappa shape index (κ2) is 9.63. The summed E-state index contributed by atoms with van der Waals surface area (Å²) in [5.41, 5.74) is 7.46. The Kier molecular flexibility index (Phi) is 7.71. The molecule has 8 heteroatoms. The Morgan fingerprint density at radius 2 is 1.76 bits per heavy atom. The molecule has 0 spiro atoms. The molecule has 0 aliphatic heterocycles. The first kappa shape index (κ1) is 23.2. The molecule has 0 fully saturated rings. The second-order valence-corrected chi connectivity index (χ2v) is 7.77. The van der Waals surface area contributed by atoms with Gasteiger partial charge in [0.2, 0.25) is 0 Å². The van der Waals surface area contributed by atoms with Crippen molar-refractivity contribution in [2.45, 2.75) is 44.2 Å². The highest BCUT2D eigenvalue weighted by molar-refractivity contribution is 7.99. The van der Waals surface area contributed by atoms with Crippen molar-refractivity contribution in [2.75, 3.05) is 5.75 Å². The predicted octanol–water partition coefficient (Wildman–Crippen LogP) is 5.20. The van der Waals surface area contributed by atoms with Gasteiger partial charge in [0.1, 0.15) is 11.9 Å². The van der Waals surface area contributed by atoms with Gasteiger partial charge in [-0.1, -0.05) is 38.1 Å². The van der Waals surface area contributed by atoms with Gasteiger partial charge in [-0.15, -0.1) is 11.8 Å². The molecule has 2 rings (SSSR count). The maximum atomic E-state index is 14.7. The van der Waals surface area contributed by atoms with Crippen molar-refractivity contribution in [2.24, 2.45) is 5.73 Å². The van der Waals surface area contributed by atoms with Crippen molar-refractivity contribution < 1.29 is 27.5 Å². The molecular weight excluding hydrogens is 406 g/mol. The minimum atomic E-state index is -4.65. The molecule has 3 nitrogen and oxygen atoms in total. The number of carboxylic acid groups (broad SMARTS) is 1. The minimum Gasteiger partial charge on any atom is -0.480 e. The van der Waals surface area contributed by atoms with Crippen molar-refractivity contribution in [3.63, 3.8) is 0 Å². The molecule has 0 saturated carbocycles. The maximum absolute atomic E-state index is 14.7. The molecule has 2 atom stereocenters. The Morgan fingerprint density at radius 1 is 1.10 bits per heavy atom. The van der Waals surface area contributed by atoms with Crippen LogP contribution < -0.4 is 5.73 Å². The van der Waals surface area contributed by atoms with E-state index in [9.17, 15) is 22.4 Å². The van der Waals surface area contributed by atoms with Crippen molar-refractivity contribution in [1.29, 1.82) is 0 Å². The number of nitrogens with two attached hydrogens (primary N) is 1. The fraction of sp³-hybridized carbons (Fsp3) is 0.381. The van der Waals surface area contributed by atoms with Crippen LogP contribution in [0.2, 0.25) is 0 Å². The largest absolute Gasteiger partial charge is 0.480 e. The molecule has 158 valence electrons. The molecule has 29 heavy (non-hydrogen) atoms. The van der Waals surface area contributed by atoms with Gasteiger partial charge < -0.3 is 10.8 Å². The first-order valence-corrected chi connectivity index (χ1v) is 10.2. The van der Waals surface area contributed by atoms with E-state index >= 15 is 0 Å². The minimum absolute atomic E-state index is 0.0164. The Hall–Kier alpha value is -2.06. The third-order valence-corrected chi connectivity index (χ3v) is 6.08.